The molecule has 1 rings (SSSR count). The minimum Gasteiger partial charge on any atom is -0.324 e. The van der Waals surface area contributed by atoms with E-state index in [1.165, 1.54) is 13.0 Å². The van der Waals surface area contributed by atoms with Crippen LogP contribution in [0.4, 0.5) is 13.2 Å². The van der Waals surface area contributed by atoms with Gasteiger partial charge < -0.3 is 9.79 Å². The lowest BCUT2D eigenvalue weighted by molar-refractivity contribution is -0.137. The number of hydrogen-bond acceptors (Lipinski definition) is 1. The van der Waals surface area contributed by atoms with Gasteiger partial charge in [0.25, 0.3) is 0 Å². The Morgan fingerprint density at radius 2 is 1.94 bits per heavy atom. The summed E-state index contributed by atoms with van der Waals surface area (Å²) in [5.74, 6) is 0. The van der Waals surface area contributed by atoms with Crippen LogP contribution < -0.4 is 0 Å². The lowest BCUT2D eigenvalue weighted by atomic mass is 10.1. The molecule has 0 aliphatic carbocycles. The summed E-state index contributed by atoms with van der Waals surface area (Å²) >= 11 is 0. The highest BCUT2D eigenvalue weighted by Gasteiger charge is 2.33. The van der Waals surface area contributed by atoms with Gasteiger partial charge in [-0.1, -0.05) is 25.1 Å². The Kier molecular flexibility index (Phi) is 4.02. The van der Waals surface area contributed by atoms with Gasteiger partial charge in [0.2, 0.25) is 0 Å². The molecule has 1 aromatic rings. The average molecular weight is 268 g/mol. The van der Waals surface area contributed by atoms with Crippen LogP contribution in [0, 0.1) is 0 Å². The Balaban J connectivity index is 3.19. The first-order valence-electron chi connectivity index (χ1n) is 4.88. The van der Waals surface area contributed by atoms with Gasteiger partial charge in [0.05, 0.1) is 11.2 Å². The molecule has 0 aromatic heterocycles. The molecule has 0 radical (unpaired) electrons. The topological polar surface area (TPSA) is 57.5 Å². The van der Waals surface area contributed by atoms with E-state index in [-0.39, 0.29) is 12.0 Å². The molecule has 1 atom stereocenters. The predicted molar refractivity (Wildman–Crippen MR) is 56.5 cm³/mol. The summed E-state index contributed by atoms with van der Waals surface area (Å²) in [5, 5.41) is 0. The largest absolute Gasteiger partial charge is 0.416 e. The molecule has 0 fully saturated rings. The van der Waals surface area contributed by atoms with Crippen molar-refractivity contribution in [2.24, 2.45) is 0 Å². The highest BCUT2D eigenvalue weighted by Crippen LogP contribution is 2.53. The first-order valence-corrected chi connectivity index (χ1v) is 6.56. The second-order valence-corrected chi connectivity index (χ2v) is 5.44. The zero-order chi connectivity index (χ0) is 13.3. The van der Waals surface area contributed by atoms with E-state index in [9.17, 15) is 17.7 Å². The Hall–Kier alpha value is -0.840. The van der Waals surface area contributed by atoms with Crippen LogP contribution >= 0.6 is 7.60 Å². The molecule has 1 aromatic carbocycles. The molecular weight excluding hydrogens is 256 g/mol. The first-order chi connectivity index (χ1) is 7.66. The normalized spacial score (nSPS) is 14.7. The lowest BCUT2D eigenvalue weighted by Gasteiger charge is -2.18. The molecule has 7 heteroatoms. The van der Waals surface area contributed by atoms with Crippen LogP contribution in [0.1, 0.15) is 30.1 Å². The van der Waals surface area contributed by atoms with E-state index < -0.39 is 25.0 Å². The minimum absolute atomic E-state index is 0.00987. The van der Waals surface area contributed by atoms with Crippen LogP contribution in [0.5, 0.6) is 0 Å². The van der Waals surface area contributed by atoms with Crippen molar-refractivity contribution >= 4 is 7.60 Å². The molecule has 0 saturated heterocycles. The number of hydrogen-bond donors (Lipinski definition) is 2. The van der Waals surface area contributed by atoms with Gasteiger partial charge in [0, 0.05) is 0 Å². The van der Waals surface area contributed by atoms with Crippen molar-refractivity contribution in [1.82, 2.24) is 0 Å². The molecular formula is C10H12F3O3P. The average Bonchev–Trinajstić information content (AvgIpc) is 2.15. The van der Waals surface area contributed by atoms with E-state index in [4.69, 9.17) is 9.79 Å². The third kappa shape index (κ3) is 3.56. The fourth-order valence-corrected chi connectivity index (χ4v) is 2.61. The van der Waals surface area contributed by atoms with Crippen molar-refractivity contribution in [3.8, 4) is 0 Å². The third-order valence-electron chi connectivity index (χ3n) is 2.39. The fourth-order valence-electron chi connectivity index (χ4n) is 1.59. The number of rotatable bonds is 3. The van der Waals surface area contributed by atoms with Gasteiger partial charge in [-0.25, -0.2) is 0 Å². The predicted octanol–water partition coefficient (Wildman–Crippen LogP) is 3.33. The Labute approximate surface area is 96.4 Å². The standard InChI is InChI=1S/C10H12F3O3P/c1-2-9(17(14,15)16)7-4-3-5-8(6-7)10(11,12)13/h3-6,9H,2H2,1H3,(H2,14,15,16). The van der Waals surface area contributed by atoms with Crippen molar-refractivity contribution in [2.45, 2.75) is 25.2 Å². The van der Waals surface area contributed by atoms with E-state index in [1.807, 2.05) is 0 Å². The quantitative estimate of drug-likeness (QED) is 0.826. The molecule has 0 heterocycles. The zero-order valence-corrected chi connectivity index (χ0v) is 9.87. The number of halogens is 3. The zero-order valence-electron chi connectivity index (χ0n) is 8.98. The summed E-state index contributed by atoms with van der Waals surface area (Å²) in [5.41, 5.74) is -2.08. The van der Waals surface area contributed by atoms with E-state index >= 15 is 0 Å². The fraction of sp³-hybridized carbons (Fsp3) is 0.400. The van der Waals surface area contributed by atoms with E-state index in [1.54, 1.807) is 0 Å². The monoisotopic (exact) mass is 268 g/mol. The summed E-state index contributed by atoms with van der Waals surface area (Å²) in [6.45, 7) is 1.52. The molecule has 0 spiro atoms. The maximum absolute atomic E-state index is 12.4. The summed E-state index contributed by atoms with van der Waals surface area (Å²) in [6.07, 6.45) is -4.44. The molecule has 3 nitrogen and oxygen atoms in total. The van der Waals surface area contributed by atoms with Crippen molar-refractivity contribution in [3.63, 3.8) is 0 Å². The minimum atomic E-state index is -4.51. The van der Waals surface area contributed by atoms with Crippen LogP contribution in [-0.2, 0) is 10.7 Å². The van der Waals surface area contributed by atoms with Gasteiger partial charge in [-0.2, -0.15) is 13.2 Å². The maximum atomic E-state index is 12.4. The van der Waals surface area contributed by atoms with Crippen molar-refractivity contribution in [2.75, 3.05) is 0 Å². The molecule has 0 aliphatic heterocycles. The van der Waals surface area contributed by atoms with Crippen LogP contribution in [-0.4, -0.2) is 9.79 Å². The molecule has 1 unspecified atom stereocenters. The first kappa shape index (κ1) is 14.2. The van der Waals surface area contributed by atoms with Gasteiger partial charge in [-0.15, -0.1) is 0 Å². The van der Waals surface area contributed by atoms with E-state index in [0.717, 1.165) is 18.2 Å². The van der Waals surface area contributed by atoms with Crippen LogP contribution in [0.2, 0.25) is 0 Å². The Morgan fingerprint density at radius 1 is 1.35 bits per heavy atom. The van der Waals surface area contributed by atoms with Gasteiger partial charge in [0.1, 0.15) is 0 Å². The van der Waals surface area contributed by atoms with E-state index in [0.29, 0.717) is 0 Å². The number of benzene rings is 1. The molecule has 0 saturated carbocycles. The highest BCUT2D eigenvalue weighted by atomic mass is 31.2. The van der Waals surface area contributed by atoms with Crippen LogP contribution in [0.25, 0.3) is 0 Å². The van der Waals surface area contributed by atoms with Crippen molar-refractivity contribution < 1.29 is 27.5 Å². The molecule has 96 valence electrons. The second-order valence-electron chi connectivity index (χ2n) is 3.64. The van der Waals surface area contributed by atoms with Gasteiger partial charge in [-0.05, 0) is 18.1 Å². The van der Waals surface area contributed by atoms with Crippen molar-refractivity contribution in [3.05, 3.63) is 35.4 Å². The summed E-state index contributed by atoms with van der Waals surface area (Å²) in [6, 6.07) is 4.10. The summed E-state index contributed by atoms with van der Waals surface area (Å²) in [7, 11) is -4.44. The third-order valence-corrected chi connectivity index (χ3v) is 3.87. The van der Waals surface area contributed by atoms with Gasteiger partial charge in [0.15, 0.2) is 0 Å². The Bertz CT molecular complexity index is 439. The SMILES string of the molecule is CCC(c1cccc(C(F)(F)F)c1)P(=O)(O)O. The molecule has 0 amide bonds. The second kappa shape index (κ2) is 4.80. The lowest BCUT2D eigenvalue weighted by Crippen LogP contribution is -2.07. The summed E-state index contributed by atoms with van der Waals surface area (Å²) in [4.78, 5) is 18.1. The Morgan fingerprint density at radius 3 is 2.35 bits per heavy atom. The molecule has 0 bridgehead atoms. The van der Waals surface area contributed by atoms with Gasteiger partial charge >= 0.3 is 13.8 Å². The summed E-state index contributed by atoms with van der Waals surface area (Å²) < 4.78 is 48.5. The highest BCUT2D eigenvalue weighted by molar-refractivity contribution is 7.52. The molecule has 0 aliphatic rings. The number of alkyl halides is 3. The van der Waals surface area contributed by atoms with Crippen LogP contribution in [0.3, 0.4) is 0 Å². The maximum Gasteiger partial charge on any atom is 0.416 e. The smallest absolute Gasteiger partial charge is 0.324 e. The molecule has 2 N–H and O–H groups in total. The van der Waals surface area contributed by atoms with Crippen molar-refractivity contribution in [1.29, 1.82) is 0 Å². The van der Waals surface area contributed by atoms with Gasteiger partial charge in [-0.3, -0.25) is 4.57 Å². The van der Waals surface area contributed by atoms with Crippen LogP contribution in [0.15, 0.2) is 24.3 Å². The van der Waals surface area contributed by atoms with E-state index in [2.05, 4.69) is 0 Å². The molecule has 17 heavy (non-hydrogen) atoms.